The average molecular weight is 365 g/mol. The lowest BCUT2D eigenvalue weighted by atomic mass is 9.95. The highest BCUT2D eigenvalue weighted by molar-refractivity contribution is 6.15. The number of pyridine rings is 1. The highest BCUT2D eigenvalue weighted by Gasteiger charge is 2.21. The molecule has 4 rings (SSSR count). The lowest BCUT2D eigenvalue weighted by Gasteiger charge is -2.14. The molecule has 0 spiro atoms. The van der Waals surface area contributed by atoms with Gasteiger partial charge in [-0.15, -0.1) is 0 Å². The number of rotatable bonds is 2. The molecule has 0 unspecified atom stereocenters. The van der Waals surface area contributed by atoms with Crippen molar-refractivity contribution in [2.24, 2.45) is 4.99 Å². The first-order valence-corrected chi connectivity index (χ1v) is 9.47. The van der Waals surface area contributed by atoms with Crippen LogP contribution in [-0.2, 0) is 0 Å². The van der Waals surface area contributed by atoms with Gasteiger partial charge in [0.25, 0.3) is 0 Å². The second-order valence-corrected chi connectivity index (χ2v) is 6.76. The molecule has 0 atom stereocenters. The van der Waals surface area contributed by atoms with Gasteiger partial charge in [0.2, 0.25) is 0 Å². The summed E-state index contributed by atoms with van der Waals surface area (Å²) in [6.07, 6.45) is 14.3. The Morgan fingerprint density at radius 2 is 2.00 bits per heavy atom. The molecule has 0 radical (unpaired) electrons. The van der Waals surface area contributed by atoms with Crippen molar-refractivity contribution in [3.8, 4) is 0 Å². The third-order valence-electron chi connectivity index (χ3n) is 4.93. The zero-order valence-corrected chi connectivity index (χ0v) is 16.3. The molecule has 0 bridgehead atoms. The molecule has 3 heterocycles. The first-order valence-electron chi connectivity index (χ1n) is 9.47. The summed E-state index contributed by atoms with van der Waals surface area (Å²) < 4.78 is 2.11. The van der Waals surface area contributed by atoms with Crippen LogP contribution in [-0.4, -0.2) is 21.6 Å². The number of imidazole rings is 1. The number of hydrogen-bond acceptors (Lipinski definition) is 2. The monoisotopic (exact) mass is 365 g/mol. The Bertz CT molecular complexity index is 1170. The summed E-state index contributed by atoms with van der Waals surface area (Å²) in [5, 5.41) is 0. The predicted octanol–water partition coefficient (Wildman–Crippen LogP) is 5.65. The summed E-state index contributed by atoms with van der Waals surface area (Å²) in [4.78, 5) is 9.85. The van der Waals surface area contributed by atoms with Crippen LogP contribution in [0.3, 0.4) is 0 Å². The zero-order valence-electron chi connectivity index (χ0n) is 16.3. The Hall–Kier alpha value is -3.46. The Morgan fingerprint density at radius 1 is 1.11 bits per heavy atom. The van der Waals surface area contributed by atoms with E-state index in [-0.39, 0.29) is 0 Å². The largest absolute Gasteiger partial charge is 0.298 e. The smallest absolute Gasteiger partial charge is 0.137 e. The molecule has 1 aromatic carbocycles. The van der Waals surface area contributed by atoms with Crippen LogP contribution in [0.5, 0.6) is 0 Å². The van der Waals surface area contributed by atoms with Gasteiger partial charge in [0.1, 0.15) is 5.65 Å². The summed E-state index contributed by atoms with van der Waals surface area (Å²) in [7, 11) is 0. The third-order valence-corrected chi connectivity index (χ3v) is 4.93. The Balaban J connectivity index is 2.05. The molecule has 0 aliphatic carbocycles. The molecule has 2 aromatic heterocycles. The van der Waals surface area contributed by atoms with Gasteiger partial charge in [0.15, 0.2) is 0 Å². The molecule has 0 amide bonds. The topological polar surface area (TPSA) is 29.7 Å². The number of aromatic nitrogens is 2. The van der Waals surface area contributed by atoms with E-state index in [9.17, 15) is 0 Å². The van der Waals surface area contributed by atoms with Crippen LogP contribution >= 0.6 is 0 Å². The van der Waals surface area contributed by atoms with Crippen molar-refractivity contribution < 1.29 is 0 Å². The van der Waals surface area contributed by atoms with Crippen molar-refractivity contribution in [3.63, 3.8) is 0 Å². The van der Waals surface area contributed by atoms with Crippen LogP contribution < -0.4 is 0 Å². The van der Waals surface area contributed by atoms with Crippen LogP contribution in [0.1, 0.15) is 35.0 Å². The Morgan fingerprint density at radius 3 is 2.86 bits per heavy atom. The Kier molecular flexibility index (Phi) is 4.90. The van der Waals surface area contributed by atoms with E-state index in [2.05, 4.69) is 54.3 Å². The highest BCUT2D eigenvalue weighted by Crippen LogP contribution is 2.27. The van der Waals surface area contributed by atoms with Gasteiger partial charge in [-0.05, 0) is 42.7 Å². The number of allylic oxidation sites excluding steroid dienone is 5. The molecule has 28 heavy (non-hydrogen) atoms. The van der Waals surface area contributed by atoms with Gasteiger partial charge in [-0.2, -0.15) is 0 Å². The van der Waals surface area contributed by atoms with E-state index in [4.69, 9.17) is 9.98 Å². The first-order chi connectivity index (χ1) is 13.7. The van der Waals surface area contributed by atoms with E-state index < -0.39 is 0 Å². The lowest BCUT2D eigenvalue weighted by molar-refractivity contribution is 1.14. The van der Waals surface area contributed by atoms with Crippen molar-refractivity contribution in [2.75, 3.05) is 6.54 Å². The van der Waals surface area contributed by atoms with Gasteiger partial charge in [-0.1, -0.05) is 67.3 Å². The fourth-order valence-corrected chi connectivity index (χ4v) is 3.54. The summed E-state index contributed by atoms with van der Waals surface area (Å²) in [6.45, 7) is 9.06. The normalized spacial score (nSPS) is 16.8. The summed E-state index contributed by atoms with van der Waals surface area (Å²) in [5.41, 5.74) is 8.09. The fraction of sp³-hybridized carbons (Fsp3) is 0.120. The maximum absolute atomic E-state index is 4.99. The minimum absolute atomic E-state index is 0.610. The molecule has 1 aliphatic heterocycles. The van der Waals surface area contributed by atoms with Crippen LogP contribution in [0.4, 0.5) is 0 Å². The maximum Gasteiger partial charge on any atom is 0.137 e. The van der Waals surface area contributed by atoms with Gasteiger partial charge in [-0.25, -0.2) is 4.98 Å². The molecule has 1 aliphatic rings. The SMILES string of the molecule is C=C1/C=C\C=C/CN=C(c2cccc(/C=C\C)c2C)c2c1nc1ccccn21. The molecular formula is C25H23N3. The van der Waals surface area contributed by atoms with Gasteiger partial charge in [-0.3, -0.25) is 9.39 Å². The van der Waals surface area contributed by atoms with Crippen molar-refractivity contribution in [1.82, 2.24) is 9.38 Å². The quantitative estimate of drug-likeness (QED) is 0.577. The van der Waals surface area contributed by atoms with Crippen LogP contribution in [0.15, 0.2) is 84.5 Å². The minimum Gasteiger partial charge on any atom is -0.298 e. The predicted molar refractivity (Wildman–Crippen MR) is 119 cm³/mol. The van der Waals surface area contributed by atoms with Crippen LogP contribution in [0.25, 0.3) is 17.3 Å². The van der Waals surface area contributed by atoms with Crippen LogP contribution in [0.2, 0.25) is 0 Å². The molecule has 0 saturated carbocycles. The lowest BCUT2D eigenvalue weighted by Crippen LogP contribution is -2.12. The van der Waals surface area contributed by atoms with E-state index in [0.29, 0.717) is 6.54 Å². The van der Waals surface area contributed by atoms with Gasteiger partial charge in [0.05, 0.1) is 23.6 Å². The second-order valence-electron chi connectivity index (χ2n) is 6.76. The minimum atomic E-state index is 0.610. The first kappa shape index (κ1) is 17.9. The third kappa shape index (κ3) is 3.16. The molecule has 0 N–H and O–H groups in total. The fourth-order valence-electron chi connectivity index (χ4n) is 3.54. The molecular weight excluding hydrogens is 342 g/mol. The molecule has 0 saturated heterocycles. The number of aliphatic imine (C=N–C) groups is 1. The molecule has 0 fully saturated rings. The molecule has 138 valence electrons. The Labute approximate surface area is 165 Å². The van der Waals surface area contributed by atoms with Crippen molar-refractivity contribution in [2.45, 2.75) is 13.8 Å². The number of hydrogen-bond donors (Lipinski definition) is 0. The highest BCUT2D eigenvalue weighted by atomic mass is 15.0. The van der Waals surface area contributed by atoms with Crippen LogP contribution in [0, 0.1) is 6.92 Å². The second kappa shape index (κ2) is 7.65. The van der Waals surface area contributed by atoms with E-state index in [1.807, 2.05) is 49.5 Å². The number of nitrogens with zero attached hydrogens (tertiary/aromatic N) is 3. The van der Waals surface area contributed by atoms with Gasteiger partial charge >= 0.3 is 0 Å². The summed E-state index contributed by atoms with van der Waals surface area (Å²) >= 11 is 0. The standard InChI is InChI=1S/C25H23N3/c1-4-11-20-13-10-14-21(19(20)3)24-25-23(18(2)12-6-5-8-16-26-24)27-22-15-7-9-17-28(22)25/h4-15,17H,2,16H2,1,3H3/b8-5-,11-4-,12-6-,26-24?. The molecule has 3 nitrogen and oxygen atoms in total. The summed E-state index contributed by atoms with van der Waals surface area (Å²) in [5.74, 6) is 0. The number of benzene rings is 1. The number of fused-ring (bicyclic) bond motifs is 3. The molecule has 3 heteroatoms. The van der Waals surface area contributed by atoms with E-state index in [1.54, 1.807) is 0 Å². The van der Waals surface area contributed by atoms with Gasteiger partial charge < -0.3 is 0 Å². The van der Waals surface area contributed by atoms with Crippen molar-refractivity contribution >= 4 is 23.0 Å². The van der Waals surface area contributed by atoms with E-state index in [0.717, 1.165) is 33.9 Å². The zero-order chi connectivity index (χ0) is 19.5. The average Bonchev–Trinajstić information content (AvgIpc) is 3.09. The molecule has 3 aromatic rings. The van der Waals surface area contributed by atoms with E-state index >= 15 is 0 Å². The maximum atomic E-state index is 4.99. The van der Waals surface area contributed by atoms with Gasteiger partial charge in [0, 0.05) is 11.8 Å². The van der Waals surface area contributed by atoms with Crippen molar-refractivity contribution in [3.05, 3.63) is 108 Å². The van der Waals surface area contributed by atoms with Crippen molar-refractivity contribution in [1.29, 1.82) is 0 Å². The summed E-state index contributed by atoms with van der Waals surface area (Å²) in [6, 6.07) is 12.4. The van der Waals surface area contributed by atoms with E-state index in [1.165, 1.54) is 11.1 Å².